The highest BCUT2D eigenvalue weighted by Gasteiger charge is 2.40. The Balaban J connectivity index is 0.00000225. The van der Waals surface area contributed by atoms with Crippen LogP contribution in [0.25, 0.3) is 0 Å². The van der Waals surface area contributed by atoms with Crippen molar-refractivity contribution in [3.8, 4) is 0 Å². The van der Waals surface area contributed by atoms with Crippen molar-refractivity contribution in [3.05, 3.63) is 30.1 Å². The van der Waals surface area contributed by atoms with Gasteiger partial charge in [0.15, 0.2) is 0 Å². The number of pyridine rings is 1. The molecule has 2 amide bonds. The number of amides is 2. The first-order valence-corrected chi connectivity index (χ1v) is 8.77. The Morgan fingerprint density at radius 1 is 1.16 bits per heavy atom. The summed E-state index contributed by atoms with van der Waals surface area (Å²) in [5.41, 5.74) is 6.41. The first kappa shape index (κ1) is 19.7. The van der Waals surface area contributed by atoms with E-state index in [2.05, 4.69) is 4.98 Å². The molecule has 1 aliphatic heterocycles. The van der Waals surface area contributed by atoms with Gasteiger partial charge < -0.3 is 15.5 Å². The summed E-state index contributed by atoms with van der Waals surface area (Å²) in [5.74, 6) is -0.00189. The predicted molar refractivity (Wildman–Crippen MR) is 98.5 cm³/mol. The predicted octanol–water partition coefficient (Wildman–Crippen LogP) is 1.70. The molecule has 2 N–H and O–H groups in total. The van der Waals surface area contributed by atoms with Crippen LogP contribution in [0.1, 0.15) is 43.1 Å². The summed E-state index contributed by atoms with van der Waals surface area (Å²) < 4.78 is 0. The minimum atomic E-state index is -0.407. The Morgan fingerprint density at radius 2 is 1.84 bits per heavy atom. The van der Waals surface area contributed by atoms with E-state index in [0.717, 1.165) is 25.7 Å². The molecule has 3 rings (SSSR count). The number of nitrogens with zero attached hydrogens (tertiary/aromatic N) is 3. The number of nitrogens with two attached hydrogens (primary N) is 1. The molecule has 7 heteroatoms. The number of hydrogen-bond acceptors (Lipinski definition) is 4. The Morgan fingerprint density at radius 3 is 2.44 bits per heavy atom. The lowest BCUT2D eigenvalue weighted by Crippen LogP contribution is -2.57. The van der Waals surface area contributed by atoms with E-state index in [4.69, 9.17) is 5.73 Å². The summed E-state index contributed by atoms with van der Waals surface area (Å²) in [4.78, 5) is 33.0. The molecule has 2 unspecified atom stereocenters. The van der Waals surface area contributed by atoms with Crippen LogP contribution in [-0.2, 0) is 4.79 Å². The largest absolute Gasteiger partial charge is 0.339 e. The van der Waals surface area contributed by atoms with E-state index in [0.29, 0.717) is 31.9 Å². The lowest BCUT2D eigenvalue weighted by molar-refractivity contribution is -0.140. The zero-order valence-electron chi connectivity index (χ0n) is 14.7. The molecular weight excluding hydrogens is 340 g/mol. The second-order valence-corrected chi connectivity index (χ2v) is 7.14. The van der Waals surface area contributed by atoms with Crippen molar-refractivity contribution in [1.29, 1.82) is 0 Å². The van der Waals surface area contributed by atoms with Gasteiger partial charge in [-0.3, -0.25) is 14.6 Å². The average Bonchev–Trinajstić information content (AvgIpc) is 2.61. The van der Waals surface area contributed by atoms with Crippen LogP contribution in [0.4, 0.5) is 0 Å². The number of piperazine rings is 1. The Bertz CT molecular complexity index is 600. The van der Waals surface area contributed by atoms with Crippen LogP contribution in [0.2, 0.25) is 0 Å². The number of carbonyl (C=O) groups excluding carboxylic acids is 2. The summed E-state index contributed by atoms with van der Waals surface area (Å²) in [5, 5.41) is 0. The molecule has 138 valence electrons. The third kappa shape index (κ3) is 4.30. The highest BCUT2D eigenvalue weighted by Crippen LogP contribution is 2.33. The molecule has 1 saturated heterocycles. The summed E-state index contributed by atoms with van der Waals surface area (Å²) in [6.45, 7) is 4.24. The molecule has 0 bridgehead atoms. The molecule has 1 aromatic rings. The molecule has 6 nitrogen and oxygen atoms in total. The van der Waals surface area contributed by atoms with Crippen LogP contribution >= 0.6 is 12.4 Å². The van der Waals surface area contributed by atoms with Crippen LogP contribution in [0.5, 0.6) is 0 Å². The molecule has 2 heterocycles. The van der Waals surface area contributed by atoms with Gasteiger partial charge in [-0.15, -0.1) is 12.4 Å². The van der Waals surface area contributed by atoms with Crippen molar-refractivity contribution in [2.24, 2.45) is 11.7 Å². The molecule has 1 aliphatic carbocycles. The van der Waals surface area contributed by atoms with Crippen LogP contribution in [0, 0.1) is 5.92 Å². The maximum absolute atomic E-state index is 12.8. The van der Waals surface area contributed by atoms with E-state index < -0.39 is 5.54 Å². The van der Waals surface area contributed by atoms with Crippen LogP contribution in [-0.4, -0.2) is 58.3 Å². The number of aromatic nitrogens is 1. The van der Waals surface area contributed by atoms with E-state index in [1.165, 1.54) is 0 Å². The van der Waals surface area contributed by atoms with Gasteiger partial charge >= 0.3 is 0 Å². The quantitative estimate of drug-likeness (QED) is 0.863. The maximum Gasteiger partial charge on any atom is 0.272 e. The molecule has 2 aliphatic rings. The van der Waals surface area contributed by atoms with Gasteiger partial charge in [0.1, 0.15) is 5.69 Å². The van der Waals surface area contributed by atoms with Crippen LogP contribution in [0.3, 0.4) is 0 Å². The second-order valence-electron chi connectivity index (χ2n) is 7.14. The van der Waals surface area contributed by atoms with Gasteiger partial charge in [0, 0.05) is 37.9 Å². The fourth-order valence-electron chi connectivity index (χ4n) is 3.77. The highest BCUT2D eigenvalue weighted by atomic mass is 35.5. The van der Waals surface area contributed by atoms with Crippen molar-refractivity contribution in [2.75, 3.05) is 26.2 Å². The maximum atomic E-state index is 12.8. The van der Waals surface area contributed by atoms with E-state index in [1.807, 2.05) is 17.9 Å². The first-order valence-electron chi connectivity index (χ1n) is 8.77. The van der Waals surface area contributed by atoms with Gasteiger partial charge in [-0.05, 0) is 31.9 Å². The summed E-state index contributed by atoms with van der Waals surface area (Å²) in [6, 6.07) is 5.33. The summed E-state index contributed by atoms with van der Waals surface area (Å²) >= 11 is 0. The fraction of sp³-hybridized carbons (Fsp3) is 0.611. The highest BCUT2D eigenvalue weighted by molar-refractivity contribution is 5.92. The average molecular weight is 367 g/mol. The summed E-state index contributed by atoms with van der Waals surface area (Å²) in [6.07, 6.45) is 5.57. The molecule has 0 radical (unpaired) electrons. The summed E-state index contributed by atoms with van der Waals surface area (Å²) in [7, 11) is 0. The fourth-order valence-corrected chi connectivity index (χ4v) is 3.77. The standard InChI is InChI=1S/C18H26N4O2.ClH/c1-18(19)8-4-2-6-14(18)16(23)21-10-12-22(13-11-21)17(24)15-7-3-5-9-20-15;/h3,5,7,9,14H,2,4,6,8,10-13,19H2,1H3;1H. The van der Waals surface area contributed by atoms with Crippen LogP contribution < -0.4 is 5.73 Å². The normalized spacial score (nSPS) is 26.7. The van der Waals surface area contributed by atoms with Gasteiger partial charge in [0.2, 0.25) is 5.91 Å². The van der Waals surface area contributed by atoms with Gasteiger partial charge in [0.05, 0.1) is 5.92 Å². The van der Waals surface area contributed by atoms with Crippen LogP contribution in [0.15, 0.2) is 24.4 Å². The van der Waals surface area contributed by atoms with Crippen molar-refractivity contribution in [1.82, 2.24) is 14.8 Å². The van der Waals surface area contributed by atoms with Crippen molar-refractivity contribution < 1.29 is 9.59 Å². The third-order valence-corrected chi connectivity index (χ3v) is 5.31. The van der Waals surface area contributed by atoms with Crippen molar-refractivity contribution in [2.45, 2.75) is 38.1 Å². The molecule has 0 aromatic carbocycles. The first-order chi connectivity index (χ1) is 11.5. The zero-order chi connectivity index (χ0) is 17.2. The number of carbonyl (C=O) groups is 2. The van der Waals surface area contributed by atoms with E-state index in [9.17, 15) is 9.59 Å². The Hall–Kier alpha value is -1.66. The lowest BCUT2D eigenvalue weighted by atomic mass is 9.74. The smallest absolute Gasteiger partial charge is 0.272 e. The van der Waals surface area contributed by atoms with Gasteiger partial charge in [0.25, 0.3) is 5.91 Å². The van der Waals surface area contributed by atoms with Gasteiger partial charge in [-0.25, -0.2) is 0 Å². The minimum Gasteiger partial charge on any atom is -0.339 e. The Labute approximate surface area is 155 Å². The van der Waals surface area contributed by atoms with Gasteiger partial charge in [-0.2, -0.15) is 0 Å². The topological polar surface area (TPSA) is 79.5 Å². The number of hydrogen-bond donors (Lipinski definition) is 1. The van der Waals surface area contributed by atoms with E-state index in [-0.39, 0.29) is 30.1 Å². The number of rotatable bonds is 2. The van der Waals surface area contributed by atoms with Crippen molar-refractivity contribution >= 4 is 24.2 Å². The molecule has 1 aromatic heterocycles. The van der Waals surface area contributed by atoms with Crippen molar-refractivity contribution in [3.63, 3.8) is 0 Å². The third-order valence-electron chi connectivity index (χ3n) is 5.31. The SMILES string of the molecule is CC1(N)CCCCC1C(=O)N1CCN(C(=O)c2ccccn2)CC1.Cl. The zero-order valence-corrected chi connectivity index (χ0v) is 15.5. The molecule has 2 atom stereocenters. The van der Waals surface area contributed by atoms with E-state index in [1.54, 1.807) is 23.2 Å². The minimum absolute atomic E-state index is 0. The molecule has 0 spiro atoms. The molecular formula is C18H27ClN4O2. The molecule has 1 saturated carbocycles. The van der Waals surface area contributed by atoms with Gasteiger partial charge in [-0.1, -0.05) is 18.9 Å². The Kier molecular flexibility index (Phi) is 6.41. The monoisotopic (exact) mass is 366 g/mol. The second kappa shape index (κ2) is 8.15. The number of halogens is 1. The lowest BCUT2D eigenvalue weighted by Gasteiger charge is -2.42. The molecule has 2 fully saturated rings. The van der Waals surface area contributed by atoms with E-state index >= 15 is 0 Å². The molecule has 25 heavy (non-hydrogen) atoms.